The van der Waals surface area contributed by atoms with E-state index in [0.29, 0.717) is 0 Å². The fourth-order valence-electron chi connectivity index (χ4n) is 1.94. The van der Waals surface area contributed by atoms with Gasteiger partial charge in [0.1, 0.15) is 22.8 Å². The minimum Gasteiger partial charge on any atom is -0.459 e. The molecule has 21 heavy (non-hydrogen) atoms. The molecule has 0 atom stereocenters. The molecule has 116 valence electrons. The first-order valence-electron chi connectivity index (χ1n) is 6.53. The molecule has 0 aliphatic carbocycles. The number of carbonyl (C=O) groups is 1. The molecule has 1 aromatic rings. The third-order valence-electron chi connectivity index (χ3n) is 2.81. The first-order valence-corrected chi connectivity index (χ1v) is 7.33. The second-order valence-electron chi connectivity index (χ2n) is 5.89. The Balaban J connectivity index is 2.26. The summed E-state index contributed by atoms with van der Waals surface area (Å²) in [7, 11) is 0. The zero-order valence-corrected chi connectivity index (χ0v) is 13.7. The van der Waals surface area contributed by atoms with E-state index in [9.17, 15) is 14.0 Å². The molecule has 1 aliphatic rings. The van der Waals surface area contributed by atoms with E-state index >= 15 is 0 Å². The predicted octanol–water partition coefficient (Wildman–Crippen LogP) is 1.51. The van der Waals surface area contributed by atoms with E-state index in [1.807, 2.05) is 0 Å². The van der Waals surface area contributed by atoms with Crippen LogP contribution in [0.2, 0.25) is 0 Å². The van der Waals surface area contributed by atoms with Gasteiger partial charge in [-0.3, -0.25) is 14.2 Å². The van der Waals surface area contributed by atoms with Crippen molar-refractivity contribution in [2.75, 3.05) is 18.0 Å². The second kappa shape index (κ2) is 5.75. The number of esters is 1. The zero-order valence-electron chi connectivity index (χ0n) is 12.1. The van der Waals surface area contributed by atoms with Gasteiger partial charge in [0.15, 0.2) is 0 Å². The number of nitrogens with zero attached hydrogens (tertiary/aromatic N) is 3. The molecule has 1 saturated heterocycles. The number of alkyl halides is 1. The van der Waals surface area contributed by atoms with E-state index in [1.54, 1.807) is 25.7 Å². The molecule has 0 radical (unpaired) electrons. The van der Waals surface area contributed by atoms with Crippen molar-refractivity contribution in [2.45, 2.75) is 39.1 Å². The largest absolute Gasteiger partial charge is 0.459 e. The topological polar surface area (TPSA) is 64.4 Å². The van der Waals surface area contributed by atoms with E-state index in [4.69, 9.17) is 4.74 Å². The van der Waals surface area contributed by atoms with Crippen LogP contribution in [0.5, 0.6) is 0 Å². The predicted molar refractivity (Wildman–Crippen MR) is 79.2 cm³/mol. The van der Waals surface area contributed by atoms with Crippen molar-refractivity contribution in [3.63, 3.8) is 0 Å². The molecule has 0 unspecified atom stereocenters. The number of hydrogen-bond acceptors (Lipinski definition) is 5. The summed E-state index contributed by atoms with van der Waals surface area (Å²) in [5.41, 5.74) is -1.03. The van der Waals surface area contributed by atoms with Crippen molar-refractivity contribution in [3.8, 4) is 0 Å². The smallest absolute Gasteiger partial charge is 0.326 e. The van der Waals surface area contributed by atoms with Crippen LogP contribution < -0.4 is 10.5 Å². The number of anilines is 1. The average Bonchev–Trinajstić information content (AvgIpc) is 2.30. The van der Waals surface area contributed by atoms with E-state index in [2.05, 4.69) is 20.9 Å². The molecule has 8 heteroatoms. The van der Waals surface area contributed by atoms with E-state index in [0.717, 1.165) is 0 Å². The van der Waals surface area contributed by atoms with Crippen LogP contribution in [0.1, 0.15) is 20.8 Å². The lowest BCUT2D eigenvalue weighted by Gasteiger charge is -2.36. The second-order valence-corrected chi connectivity index (χ2v) is 6.74. The lowest BCUT2D eigenvalue weighted by Crippen LogP contribution is -2.51. The normalized spacial score (nSPS) is 15.8. The van der Waals surface area contributed by atoms with Crippen molar-refractivity contribution < 1.29 is 13.9 Å². The number of rotatable bonds is 3. The Morgan fingerprint density at radius 2 is 2.14 bits per heavy atom. The highest BCUT2D eigenvalue weighted by Gasteiger charge is 2.30. The molecular formula is C13H17BrFN3O3. The molecule has 1 aromatic heterocycles. The lowest BCUT2D eigenvalue weighted by atomic mass is 10.2. The summed E-state index contributed by atoms with van der Waals surface area (Å²) in [6, 6.07) is 0. The van der Waals surface area contributed by atoms with Gasteiger partial charge in [0.2, 0.25) is 5.95 Å². The molecule has 0 N–H and O–H groups in total. The number of hydrogen-bond donors (Lipinski definition) is 0. The Kier molecular flexibility index (Phi) is 4.36. The van der Waals surface area contributed by atoms with Gasteiger partial charge in [-0.1, -0.05) is 0 Å². The Hall–Kier alpha value is -1.44. The first-order chi connectivity index (χ1) is 9.67. The van der Waals surface area contributed by atoms with Crippen molar-refractivity contribution in [1.29, 1.82) is 0 Å². The fraction of sp³-hybridized carbons (Fsp3) is 0.615. The maximum absolute atomic E-state index is 13.0. The molecule has 2 rings (SSSR count). The molecule has 0 bridgehead atoms. The number of ether oxygens (including phenoxy) is 1. The van der Waals surface area contributed by atoms with E-state index in [-0.39, 0.29) is 30.1 Å². The summed E-state index contributed by atoms with van der Waals surface area (Å²) < 4.78 is 19.6. The third-order valence-corrected chi connectivity index (χ3v) is 3.36. The summed E-state index contributed by atoms with van der Waals surface area (Å²) in [4.78, 5) is 29.8. The quantitative estimate of drug-likeness (QED) is 0.763. The van der Waals surface area contributed by atoms with Crippen molar-refractivity contribution in [2.24, 2.45) is 0 Å². The van der Waals surface area contributed by atoms with Gasteiger partial charge in [-0.2, -0.15) is 0 Å². The molecule has 2 heterocycles. The van der Waals surface area contributed by atoms with Gasteiger partial charge in [-0.05, 0) is 36.7 Å². The minimum atomic E-state index is -0.930. The molecular weight excluding hydrogens is 345 g/mol. The molecule has 1 fully saturated rings. The number of aromatic nitrogens is 2. The molecule has 1 aliphatic heterocycles. The molecule has 0 spiro atoms. The Labute approximate surface area is 130 Å². The monoisotopic (exact) mass is 361 g/mol. The summed E-state index contributed by atoms with van der Waals surface area (Å²) in [5.74, 6) is -0.258. The van der Waals surface area contributed by atoms with Crippen LogP contribution >= 0.6 is 15.9 Å². The van der Waals surface area contributed by atoms with Crippen LogP contribution in [0.15, 0.2) is 15.5 Å². The fourth-order valence-corrected chi connectivity index (χ4v) is 2.26. The average molecular weight is 362 g/mol. The molecule has 0 aromatic carbocycles. The molecule has 0 saturated carbocycles. The Morgan fingerprint density at radius 1 is 1.52 bits per heavy atom. The van der Waals surface area contributed by atoms with Crippen LogP contribution in [0.4, 0.5) is 10.3 Å². The summed E-state index contributed by atoms with van der Waals surface area (Å²) >= 11 is 3.09. The Bertz CT molecular complexity index is 606. The van der Waals surface area contributed by atoms with E-state index < -0.39 is 23.3 Å². The van der Waals surface area contributed by atoms with E-state index in [1.165, 1.54) is 10.8 Å². The SMILES string of the molecule is CC(C)(C)OC(=O)Cn1c(N2CC(F)C2)ncc(Br)c1=O. The maximum atomic E-state index is 13.0. The summed E-state index contributed by atoms with van der Waals surface area (Å²) in [6.45, 7) is 5.32. The number of halogens is 2. The summed E-state index contributed by atoms with van der Waals surface area (Å²) in [6.07, 6.45) is 0.426. The maximum Gasteiger partial charge on any atom is 0.326 e. The highest BCUT2D eigenvalue weighted by Crippen LogP contribution is 2.20. The van der Waals surface area contributed by atoms with Gasteiger partial charge in [-0.15, -0.1) is 0 Å². The van der Waals surface area contributed by atoms with Gasteiger partial charge in [0.05, 0.1) is 19.3 Å². The van der Waals surface area contributed by atoms with Gasteiger partial charge in [0, 0.05) is 0 Å². The standard InChI is InChI=1S/C13H17BrFN3O3/c1-13(2,3)21-10(19)7-18-11(20)9(14)4-16-12(18)17-5-8(15)6-17/h4,8H,5-7H2,1-3H3. The van der Waals surface area contributed by atoms with Gasteiger partial charge in [-0.25, -0.2) is 9.37 Å². The first kappa shape index (κ1) is 15.9. The minimum absolute atomic E-state index is 0.169. The Morgan fingerprint density at radius 3 is 2.67 bits per heavy atom. The van der Waals surface area contributed by atoms with Crippen LogP contribution in [0, 0.1) is 0 Å². The highest BCUT2D eigenvalue weighted by atomic mass is 79.9. The third kappa shape index (κ3) is 3.81. The molecule has 0 amide bonds. The molecule has 6 nitrogen and oxygen atoms in total. The van der Waals surface area contributed by atoms with Crippen LogP contribution in [0.3, 0.4) is 0 Å². The van der Waals surface area contributed by atoms with Crippen molar-refractivity contribution in [1.82, 2.24) is 9.55 Å². The van der Waals surface area contributed by atoms with Crippen LogP contribution in [-0.2, 0) is 16.1 Å². The zero-order chi connectivity index (χ0) is 15.8. The van der Waals surface area contributed by atoms with Crippen LogP contribution in [0.25, 0.3) is 0 Å². The lowest BCUT2D eigenvalue weighted by molar-refractivity contribution is -0.155. The number of carbonyl (C=O) groups excluding carboxylic acids is 1. The summed E-state index contributed by atoms with van der Waals surface area (Å²) in [5, 5.41) is 0. The van der Waals surface area contributed by atoms with Crippen LogP contribution in [-0.4, -0.2) is 40.4 Å². The van der Waals surface area contributed by atoms with Crippen molar-refractivity contribution in [3.05, 3.63) is 21.0 Å². The van der Waals surface area contributed by atoms with Gasteiger partial charge in [0.25, 0.3) is 5.56 Å². The highest BCUT2D eigenvalue weighted by molar-refractivity contribution is 9.10. The van der Waals surface area contributed by atoms with Gasteiger partial charge < -0.3 is 9.64 Å². The van der Waals surface area contributed by atoms with Gasteiger partial charge >= 0.3 is 5.97 Å². The van der Waals surface area contributed by atoms with Crippen molar-refractivity contribution >= 4 is 27.8 Å².